The fourth-order valence-electron chi connectivity index (χ4n) is 2.74. The molecule has 1 heterocycles. The molecule has 0 spiro atoms. The Labute approximate surface area is 82.7 Å². The highest BCUT2D eigenvalue weighted by Crippen LogP contribution is 2.42. The summed E-state index contributed by atoms with van der Waals surface area (Å²) < 4.78 is 0. The van der Waals surface area contributed by atoms with E-state index in [0.29, 0.717) is 11.0 Å². The smallest absolute Gasteiger partial charge is 0.0379 e. The maximum Gasteiger partial charge on any atom is 0.0379 e. The molecule has 1 unspecified atom stereocenters. The van der Waals surface area contributed by atoms with E-state index in [1.165, 1.54) is 19.4 Å². The minimum Gasteiger partial charge on any atom is -0.318 e. The van der Waals surface area contributed by atoms with Crippen molar-refractivity contribution in [3.05, 3.63) is 0 Å². The number of hydrogen-bond donors (Lipinski definition) is 1. The predicted molar refractivity (Wildman–Crippen MR) is 58.0 cm³/mol. The average Bonchev–Trinajstić information content (AvgIpc) is 2.33. The van der Waals surface area contributed by atoms with E-state index >= 15 is 0 Å². The molecule has 2 heteroatoms. The Morgan fingerprint density at radius 1 is 1.38 bits per heavy atom. The first-order valence-corrected chi connectivity index (χ1v) is 5.30. The standard InChI is InChI=1S/C11H24N2/c1-10(2,3)11(9-12-4)7-6-8-13(11)5/h12H,6-9H2,1-5H3. The van der Waals surface area contributed by atoms with E-state index in [-0.39, 0.29) is 0 Å². The molecule has 1 saturated heterocycles. The summed E-state index contributed by atoms with van der Waals surface area (Å²) in [6.45, 7) is 9.41. The topological polar surface area (TPSA) is 15.3 Å². The molecule has 78 valence electrons. The molecular formula is C11H24N2. The minimum absolute atomic E-state index is 0.362. The van der Waals surface area contributed by atoms with Crippen LogP contribution in [-0.4, -0.2) is 37.6 Å². The maximum atomic E-state index is 3.35. The van der Waals surface area contributed by atoms with Gasteiger partial charge in [0.1, 0.15) is 0 Å². The van der Waals surface area contributed by atoms with Gasteiger partial charge in [-0.2, -0.15) is 0 Å². The van der Waals surface area contributed by atoms with Gasteiger partial charge in [-0.05, 0) is 38.9 Å². The Hall–Kier alpha value is -0.0800. The molecule has 1 fully saturated rings. The lowest BCUT2D eigenvalue weighted by molar-refractivity contribution is 0.0479. The average molecular weight is 184 g/mol. The molecule has 1 N–H and O–H groups in total. The summed E-state index contributed by atoms with van der Waals surface area (Å²) in [5.74, 6) is 0. The highest BCUT2D eigenvalue weighted by atomic mass is 15.2. The van der Waals surface area contributed by atoms with E-state index in [2.05, 4.69) is 45.1 Å². The largest absolute Gasteiger partial charge is 0.318 e. The molecule has 0 aromatic carbocycles. The lowest BCUT2D eigenvalue weighted by atomic mass is 9.72. The van der Waals surface area contributed by atoms with Crippen molar-refractivity contribution < 1.29 is 0 Å². The van der Waals surface area contributed by atoms with Crippen molar-refractivity contribution in [1.82, 2.24) is 10.2 Å². The maximum absolute atomic E-state index is 3.35. The van der Waals surface area contributed by atoms with E-state index in [0.717, 1.165) is 6.54 Å². The van der Waals surface area contributed by atoms with Gasteiger partial charge in [0.25, 0.3) is 0 Å². The third-order valence-electron chi connectivity index (χ3n) is 3.68. The van der Waals surface area contributed by atoms with Gasteiger partial charge in [-0.15, -0.1) is 0 Å². The third kappa shape index (κ3) is 1.75. The molecule has 0 saturated carbocycles. The van der Waals surface area contributed by atoms with Crippen LogP contribution in [0, 0.1) is 5.41 Å². The van der Waals surface area contributed by atoms with Gasteiger partial charge in [-0.1, -0.05) is 20.8 Å². The van der Waals surface area contributed by atoms with Crippen LogP contribution in [0.1, 0.15) is 33.6 Å². The van der Waals surface area contributed by atoms with Crippen LogP contribution < -0.4 is 5.32 Å². The highest BCUT2D eigenvalue weighted by Gasteiger charge is 2.46. The van der Waals surface area contributed by atoms with Gasteiger partial charge in [-0.25, -0.2) is 0 Å². The van der Waals surface area contributed by atoms with Crippen LogP contribution in [0.4, 0.5) is 0 Å². The van der Waals surface area contributed by atoms with E-state index in [1.807, 2.05) is 0 Å². The van der Waals surface area contributed by atoms with Crippen molar-refractivity contribution >= 4 is 0 Å². The summed E-state index contributed by atoms with van der Waals surface area (Å²) >= 11 is 0. The molecule has 0 aromatic heterocycles. The molecule has 0 amide bonds. The summed E-state index contributed by atoms with van der Waals surface area (Å²) in [5, 5.41) is 3.35. The van der Waals surface area contributed by atoms with Gasteiger partial charge in [0.15, 0.2) is 0 Å². The fraction of sp³-hybridized carbons (Fsp3) is 1.00. The second kappa shape index (κ2) is 3.58. The van der Waals surface area contributed by atoms with Crippen molar-refractivity contribution in [3.8, 4) is 0 Å². The lowest BCUT2D eigenvalue weighted by Crippen LogP contribution is -2.57. The third-order valence-corrected chi connectivity index (χ3v) is 3.68. The lowest BCUT2D eigenvalue weighted by Gasteiger charge is -2.47. The van der Waals surface area contributed by atoms with Gasteiger partial charge in [0.2, 0.25) is 0 Å². The number of hydrogen-bond acceptors (Lipinski definition) is 2. The van der Waals surface area contributed by atoms with Crippen molar-refractivity contribution in [2.24, 2.45) is 5.41 Å². The zero-order chi connectivity index (χ0) is 10.1. The van der Waals surface area contributed by atoms with E-state index in [4.69, 9.17) is 0 Å². The van der Waals surface area contributed by atoms with Gasteiger partial charge >= 0.3 is 0 Å². The molecule has 0 aromatic rings. The molecular weight excluding hydrogens is 160 g/mol. The Balaban J connectivity index is 2.87. The first kappa shape index (κ1) is 11.0. The summed E-state index contributed by atoms with van der Waals surface area (Å²) in [7, 11) is 4.31. The minimum atomic E-state index is 0.362. The zero-order valence-electron chi connectivity index (χ0n) is 9.78. The molecule has 0 aliphatic carbocycles. The van der Waals surface area contributed by atoms with Gasteiger partial charge in [0.05, 0.1) is 0 Å². The molecule has 2 nitrogen and oxygen atoms in total. The van der Waals surface area contributed by atoms with E-state index in [9.17, 15) is 0 Å². The summed E-state index contributed by atoms with van der Waals surface area (Å²) in [4.78, 5) is 2.53. The molecule has 1 aliphatic heterocycles. The Kier molecular flexibility index (Phi) is 3.03. The van der Waals surface area contributed by atoms with E-state index < -0.39 is 0 Å². The van der Waals surface area contributed by atoms with Crippen LogP contribution in [0.25, 0.3) is 0 Å². The summed E-state index contributed by atoms with van der Waals surface area (Å²) in [6, 6.07) is 0. The first-order chi connectivity index (χ1) is 5.94. The second-order valence-corrected chi connectivity index (χ2v) is 5.34. The summed E-state index contributed by atoms with van der Waals surface area (Å²) in [5.41, 5.74) is 0.725. The SMILES string of the molecule is CNCC1(C(C)(C)C)CCCN1C. The van der Waals surface area contributed by atoms with Crippen LogP contribution in [0.2, 0.25) is 0 Å². The van der Waals surface area contributed by atoms with Crippen LogP contribution in [-0.2, 0) is 0 Å². The molecule has 0 bridgehead atoms. The van der Waals surface area contributed by atoms with Crippen molar-refractivity contribution in [1.29, 1.82) is 0 Å². The number of rotatable bonds is 2. The van der Waals surface area contributed by atoms with Crippen LogP contribution in [0.3, 0.4) is 0 Å². The number of likely N-dealkylation sites (tertiary alicyclic amines) is 1. The number of nitrogens with zero attached hydrogens (tertiary/aromatic N) is 1. The molecule has 13 heavy (non-hydrogen) atoms. The van der Waals surface area contributed by atoms with Crippen LogP contribution >= 0.6 is 0 Å². The van der Waals surface area contributed by atoms with Gasteiger partial charge < -0.3 is 5.32 Å². The predicted octanol–water partition coefficient (Wildman–Crippen LogP) is 1.72. The van der Waals surface area contributed by atoms with Crippen LogP contribution in [0.15, 0.2) is 0 Å². The van der Waals surface area contributed by atoms with Gasteiger partial charge in [0, 0.05) is 12.1 Å². The summed E-state index contributed by atoms with van der Waals surface area (Å²) in [6.07, 6.45) is 2.67. The van der Waals surface area contributed by atoms with E-state index in [1.54, 1.807) is 0 Å². The molecule has 1 aliphatic rings. The fourth-order valence-corrected chi connectivity index (χ4v) is 2.74. The quantitative estimate of drug-likeness (QED) is 0.703. The second-order valence-electron chi connectivity index (χ2n) is 5.34. The number of likely N-dealkylation sites (N-methyl/N-ethyl adjacent to an activating group) is 2. The van der Waals surface area contributed by atoms with Crippen molar-refractivity contribution in [2.45, 2.75) is 39.2 Å². The Bertz CT molecular complexity index is 171. The first-order valence-electron chi connectivity index (χ1n) is 5.30. The van der Waals surface area contributed by atoms with Crippen molar-refractivity contribution in [2.75, 3.05) is 27.2 Å². The van der Waals surface area contributed by atoms with Crippen molar-refractivity contribution in [3.63, 3.8) is 0 Å². The van der Waals surface area contributed by atoms with Crippen LogP contribution in [0.5, 0.6) is 0 Å². The molecule has 1 rings (SSSR count). The molecule has 1 atom stereocenters. The Morgan fingerprint density at radius 2 is 2.00 bits per heavy atom. The number of nitrogens with one attached hydrogen (secondary N) is 1. The normalized spacial score (nSPS) is 31.2. The monoisotopic (exact) mass is 184 g/mol. The Morgan fingerprint density at radius 3 is 2.31 bits per heavy atom. The zero-order valence-corrected chi connectivity index (χ0v) is 9.78. The molecule has 0 radical (unpaired) electrons. The highest BCUT2D eigenvalue weighted by molar-refractivity contribution is 5.03. The van der Waals surface area contributed by atoms with Gasteiger partial charge in [-0.3, -0.25) is 4.90 Å².